The summed E-state index contributed by atoms with van der Waals surface area (Å²) in [6.07, 6.45) is 2.34. The number of esters is 1. The molecular weight excluding hydrogens is 198 g/mol. The summed E-state index contributed by atoms with van der Waals surface area (Å²) in [5.41, 5.74) is -0.529. The predicted molar refractivity (Wildman–Crippen MR) is 53.3 cm³/mol. The quantitative estimate of drug-likeness (QED) is 0.660. The van der Waals surface area contributed by atoms with Crippen LogP contribution in [-0.2, 0) is 14.3 Å². The van der Waals surface area contributed by atoms with Crippen LogP contribution in [-0.4, -0.2) is 30.3 Å². The Balaban J connectivity index is 2.39. The van der Waals surface area contributed by atoms with Gasteiger partial charge in [0.05, 0.1) is 6.04 Å². The molecule has 5 nitrogen and oxygen atoms in total. The molecule has 0 bridgehead atoms. The first-order valence-electron chi connectivity index (χ1n) is 4.71. The number of hydrogen-bond donors (Lipinski definition) is 1. The van der Waals surface area contributed by atoms with Crippen LogP contribution in [0.15, 0.2) is 12.2 Å². The second-order valence-corrected chi connectivity index (χ2v) is 4.24. The van der Waals surface area contributed by atoms with E-state index in [1.165, 1.54) is 6.08 Å². The first-order valence-corrected chi connectivity index (χ1v) is 4.71. The van der Waals surface area contributed by atoms with Gasteiger partial charge >= 0.3 is 12.1 Å². The number of alkyl carbamates (subject to hydrolysis) is 1. The zero-order chi connectivity index (χ0) is 11.5. The minimum Gasteiger partial charge on any atom is -0.460 e. The van der Waals surface area contributed by atoms with Crippen molar-refractivity contribution in [1.82, 2.24) is 5.32 Å². The second kappa shape index (κ2) is 4.33. The van der Waals surface area contributed by atoms with Gasteiger partial charge in [0.1, 0.15) is 12.2 Å². The van der Waals surface area contributed by atoms with E-state index in [-0.39, 0.29) is 12.6 Å². The third-order valence-corrected chi connectivity index (χ3v) is 1.57. The van der Waals surface area contributed by atoms with Crippen LogP contribution >= 0.6 is 0 Å². The van der Waals surface area contributed by atoms with Gasteiger partial charge in [-0.25, -0.2) is 9.59 Å². The average molecular weight is 213 g/mol. The maximum atomic E-state index is 11.3. The Kier molecular flexibility index (Phi) is 3.34. The number of amides is 1. The summed E-state index contributed by atoms with van der Waals surface area (Å²) >= 11 is 0. The molecule has 0 saturated heterocycles. The van der Waals surface area contributed by atoms with Crippen molar-refractivity contribution in [1.29, 1.82) is 0 Å². The summed E-state index contributed by atoms with van der Waals surface area (Å²) in [4.78, 5) is 22.0. The lowest BCUT2D eigenvalue weighted by Crippen LogP contribution is -2.42. The number of ether oxygens (including phenoxy) is 2. The first-order chi connectivity index (χ1) is 6.87. The molecule has 1 rings (SSSR count). The van der Waals surface area contributed by atoms with Crippen LogP contribution in [0.2, 0.25) is 0 Å². The van der Waals surface area contributed by atoms with Gasteiger partial charge in [-0.2, -0.15) is 0 Å². The largest absolute Gasteiger partial charge is 0.460 e. The molecule has 0 saturated carbocycles. The van der Waals surface area contributed by atoms with Gasteiger partial charge in [-0.15, -0.1) is 0 Å². The highest BCUT2D eigenvalue weighted by molar-refractivity contribution is 5.83. The summed E-state index contributed by atoms with van der Waals surface area (Å²) < 4.78 is 9.77. The van der Waals surface area contributed by atoms with Crippen LogP contribution in [0.1, 0.15) is 20.8 Å². The fourth-order valence-electron chi connectivity index (χ4n) is 1.02. The first kappa shape index (κ1) is 11.6. The number of cyclic esters (lactones) is 1. The van der Waals surface area contributed by atoms with Gasteiger partial charge in [-0.3, -0.25) is 0 Å². The molecule has 0 radical (unpaired) electrons. The van der Waals surface area contributed by atoms with E-state index < -0.39 is 17.7 Å². The Hall–Kier alpha value is -1.52. The van der Waals surface area contributed by atoms with Crippen molar-refractivity contribution in [2.24, 2.45) is 0 Å². The smallest absolute Gasteiger partial charge is 0.408 e. The SMILES string of the molecule is CC(C)(C)OC(=O)N[C@H]1C=CC(=O)OC1. The van der Waals surface area contributed by atoms with E-state index in [2.05, 4.69) is 5.32 Å². The zero-order valence-electron chi connectivity index (χ0n) is 9.07. The Morgan fingerprint density at radius 1 is 1.60 bits per heavy atom. The van der Waals surface area contributed by atoms with E-state index in [1.807, 2.05) is 0 Å². The average Bonchev–Trinajstić information content (AvgIpc) is 2.05. The van der Waals surface area contributed by atoms with Gasteiger partial charge in [0.15, 0.2) is 0 Å². The van der Waals surface area contributed by atoms with Crippen molar-refractivity contribution in [2.75, 3.05) is 6.61 Å². The molecule has 1 atom stereocenters. The molecule has 1 heterocycles. The summed E-state index contributed by atoms with van der Waals surface area (Å²) in [5.74, 6) is -0.391. The minimum absolute atomic E-state index is 0.147. The molecule has 0 aliphatic carbocycles. The van der Waals surface area contributed by atoms with E-state index in [0.29, 0.717) is 0 Å². The molecule has 1 aliphatic heterocycles. The third-order valence-electron chi connectivity index (χ3n) is 1.57. The highest BCUT2D eigenvalue weighted by Crippen LogP contribution is 2.07. The molecule has 0 fully saturated rings. The van der Waals surface area contributed by atoms with Gasteiger partial charge in [-0.05, 0) is 20.8 Å². The Morgan fingerprint density at radius 3 is 2.73 bits per heavy atom. The van der Waals surface area contributed by atoms with Gasteiger partial charge in [0.2, 0.25) is 0 Å². The number of hydrogen-bond acceptors (Lipinski definition) is 4. The number of carbonyl (C=O) groups excluding carboxylic acids is 2. The molecule has 1 N–H and O–H groups in total. The maximum absolute atomic E-state index is 11.3. The molecule has 5 heteroatoms. The molecular formula is C10H15NO4. The molecule has 0 spiro atoms. The van der Waals surface area contributed by atoms with Gasteiger partial charge < -0.3 is 14.8 Å². The van der Waals surface area contributed by atoms with E-state index >= 15 is 0 Å². The predicted octanol–water partition coefficient (Wildman–Crippen LogP) is 0.993. The van der Waals surface area contributed by atoms with Crippen molar-refractivity contribution in [3.63, 3.8) is 0 Å². The standard InChI is InChI=1S/C10H15NO4/c1-10(2,3)15-9(13)11-7-4-5-8(12)14-6-7/h4-5,7H,6H2,1-3H3,(H,11,13)/t7-/m0/s1. The van der Waals surface area contributed by atoms with Crippen molar-refractivity contribution in [3.05, 3.63) is 12.2 Å². The van der Waals surface area contributed by atoms with Crippen molar-refractivity contribution in [3.8, 4) is 0 Å². The maximum Gasteiger partial charge on any atom is 0.408 e. The van der Waals surface area contributed by atoms with Crippen molar-refractivity contribution >= 4 is 12.1 Å². The molecule has 0 unspecified atom stereocenters. The monoisotopic (exact) mass is 213 g/mol. The van der Waals surface area contributed by atoms with E-state index in [1.54, 1.807) is 26.8 Å². The van der Waals surface area contributed by atoms with Crippen LogP contribution in [0.3, 0.4) is 0 Å². The number of nitrogens with one attached hydrogen (secondary N) is 1. The lowest BCUT2D eigenvalue weighted by Gasteiger charge is -2.23. The highest BCUT2D eigenvalue weighted by Gasteiger charge is 2.20. The third kappa shape index (κ3) is 4.49. The number of rotatable bonds is 1. The topological polar surface area (TPSA) is 64.6 Å². The summed E-state index contributed by atoms with van der Waals surface area (Å²) in [5, 5.41) is 2.57. The fraction of sp³-hybridized carbons (Fsp3) is 0.600. The van der Waals surface area contributed by atoms with Crippen LogP contribution in [0.5, 0.6) is 0 Å². The molecule has 1 amide bonds. The van der Waals surface area contributed by atoms with Gasteiger partial charge in [0.25, 0.3) is 0 Å². The van der Waals surface area contributed by atoms with Crippen LogP contribution in [0.4, 0.5) is 4.79 Å². The minimum atomic E-state index is -0.529. The van der Waals surface area contributed by atoms with Crippen molar-refractivity contribution in [2.45, 2.75) is 32.4 Å². The lowest BCUT2D eigenvalue weighted by molar-refractivity contribution is -0.139. The van der Waals surface area contributed by atoms with E-state index in [9.17, 15) is 9.59 Å². The van der Waals surface area contributed by atoms with Crippen LogP contribution in [0.25, 0.3) is 0 Å². The van der Waals surface area contributed by atoms with Crippen LogP contribution < -0.4 is 5.32 Å². The summed E-state index contributed by atoms with van der Waals surface area (Å²) in [7, 11) is 0. The molecule has 15 heavy (non-hydrogen) atoms. The number of carbonyl (C=O) groups is 2. The fourth-order valence-corrected chi connectivity index (χ4v) is 1.02. The zero-order valence-corrected chi connectivity index (χ0v) is 9.07. The summed E-state index contributed by atoms with van der Waals surface area (Å²) in [6.45, 7) is 5.49. The van der Waals surface area contributed by atoms with Gasteiger partial charge in [-0.1, -0.05) is 6.08 Å². The Labute approximate surface area is 88.4 Å². The van der Waals surface area contributed by atoms with Crippen molar-refractivity contribution < 1.29 is 19.1 Å². The molecule has 0 aromatic carbocycles. The molecule has 1 aliphatic rings. The van der Waals surface area contributed by atoms with E-state index in [4.69, 9.17) is 9.47 Å². The molecule has 0 aromatic heterocycles. The lowest BCUT2D eigenvalue weighted by atomic mass is 10.2. The Morgan fingerprint density at radius 2 is 2.27 bits per heavy atom. The second-order valence-electron chi connectivity index (χ2n) is 4.24. The summed E-state index contributed by atoms with van der Waals surface area (Å²) in [6, 6.07) is -0.308. The van der Waals surface area contributed by atoms with Crippen LogP contribution in [0, 0.1) is 0 Å². The normalized spacial score (nSPS) is 20.7. The molecule has 84 valence electrons. The van der Waals surface area contributed by atoms with E-state index in [0.717, 1.165) is 0 Å². The highest BCUT2D eigenvalue weighted by atomic mass is 16.6. The molecule has 0 aromatic rings. The van der Waals surface area contributed by atoms with Gasteiger partial charge in [0, 0.05) is 6.08 Å². The Bertz CT molecular complexity index is 290.